The van der Waals surface area contributed by atoms with Crippen molar-refractivity contribution in [1.29, 1.82) is 0 Å². The van der Waals surface area contributed by atoms with Gasteiger partial charge >= 0.3 is 5.97 Å². The number of hydrogen-bond donors (Lipinski definition) is 1. The van der Waals surface area contributed by atoms with E-state index >= 15 is 0 Å². The van der Waals surface area contributed by atoms with Crippen molar-refractivity contribution >= 4 is 17.4 Å². The van der Waals surface area contributed by atoms with Crippen LogP contribution in [-0.4, -0.2) is 25.4 Å². The molecule has 0 atom stereocenters. The van der Waals surface area contributed by atoms with Gasteiger partial charge in [0.15, 0.2) is 5.78 Å². The summed E-state index contributed by atoms with van der Waals surface area (Å²) in [4.78, 5) is 21.8. The molecule has 0 radical (unpaired) electrons. The molecule has 0 spiro atoms. The molecule has 0 bridgehead atoms. The van der Waals surface area contributed by atoms with Gasteiger partial charge in [0.1, 0.15) is 12.4 Å². The van der Waals surface area contributed by atoms with Crippen molar-refractivity contribution < 1.29 is 18.7 Å². The molecule has 0 aliphatic heterocycles. The Kier molecular flexibility index (Phi) is 3.99. The first-order valence-corrected chi connectivity index (χ1v) is 4.65. The second-order valence-electron chi connectivity index (χ2n) is 3.18. The molecule has 0 saturated heterocycles. The molecule has 86 valence electrons. The quantitative estimate of drug-likeness (QED) is 0.624. The van der Waals surface area contributed by atoms with E-state index in [4.69, 9.17) is 0 Å². The first-order chi connectivity index (χ1) is 7.54. The molecular weight excluding hydrogens is 213 g/mol. The Labute approximate surface area is 92.4 Å². The summed E-state index contributed by atoms with van der Waals surface area (Å²) in [5, 5.41) is 2.57. The lowest BCUT2D eigenvalue weighted by atomic mass is 10.1. The largest absolute Gasteiger partial charge is 0.468 e. The highest BCUT2D eigenvalue weighted by Gasteiger charge is 2.07. The number of carbonyl (C=O) groups excluding carboxylic acids is 2. The van der Waals surface area contributed by atoms with Gasteiger partial charge < -0.3 is 10.1 Å². The molecule has 1 rings (SSSR count). The molecule has 4 nitrogen and oxygen atoms in total. The highest BCUT2D eigenvalue weighted by Crippen LogP contribution is 2.15. The van der Waals surface area contributed by atoms with Gasteiger partial charge in [-0.15, -0.1) is 0 Å². The molecule has 0 aliphatic carbocycles. The van der Waals surface area contributed by atoms with Gasteiger partial charge in [0.2, 0.25) is 0 Å². The van der Waals surface area contributed by atoms with E-state index in [1.165, 1.54) is 26.2 Å². The predicted octanol–water partition coefficient (Wildman–Crippen LogP) is 1.61. The zero-order chi connectivity index (χ0) is 12.1. The van der Waals surface area contributed by atoms with Crippen LogP contribution >= 0.6 is 0 Å². The number of hydrogen-bond acceptors (Lipinski definition) is 4. The van der Waals surface area contributed by atoms with E-state index in [0.29, 0.717) is 5.56 Å². The van der Waals surface area contributed by atoms with Crippen LogP contribution in [0.4, 0.5) is 10.1 Å². The normalized spacial score (nSPS) is 9.69. The van der Waals surface area contributed by atoms with Gasteiger partial charge in [-0.2, -0.15) is 0 Å². The van der Waals surface area contributed by atoms with E-state index in [9.17, 15) is 14.0 Å². The number of Topliss-reactive ketones (excluding diaryl/α,β-unsaturated/α-hetero) is 1. The van der Waals surface area contributed by atoms with Crippen molar-refractivity contribution in [1.82, 2.24) is 0 Å². The Bertz CT molecular complexity index is 418. The maximum absolute atomic E-state index is 13.4. The molecule has 0 fully saturated rings. The molecule has 0 saturated carbocycles. The summed E-state index contributed by atoms with van der Waals surface area (Å²) < 4.78 is 17.8. The highest BCUT2D eigenvalue weighted by molar-refractivity contribution is 5.94. The summed E-state index contributed by atoms with van der Waals surface area (Å²) in [6.07, 6.45) is 0. The van der Waals surface area contributed by atoms with Gasteiger partial charge in [-0.3, -0.25) is 9.59 Å². The van der Waals surface area contributed by atoms with Crippen LogP contribution in [0.3, 0.4) is 0 Å². The number of nitrogens with one attached hydrogen (secondary N) is 1. The number of halogens is 1. The zero-order valence-electron chi connectivity index (χ0n) is 9.04. The van der Waals surface area contributed by atoms with Crippen molar-refractivity contribution in [3.05, 3.63) is 29.6 Å². The Hall–Kier alpha value is -1.91. The van der Waals surface area contributed by atoms with Crippen molar-refractivity contribution in [2.75, 3.05) is 19.0 Å². The summed E-state index contributed by atoms with van der Waals surface area (Å²) in [5.41, 5.74) is 0.455. The minimum absolute atomic E-state index is 0.118. The fourth-order valence-corrected chi connectivity index (χ4v) is 1.12. The topological polar surface area (TPSA) is 55.4 Å². The van der Waals surface area contributed by atoms with Crippen molar-refractivity contribution in [2.24, 2.45) is 0 Å². The maximum Gasteiger partial charge on any atom is 0.325 e. The van der Waals surface area contributed by atoms with Crippen molar-refractivity contribution in [3.8, 4) is 0 Å². The molecule has 5 heteroatoms. The fourth-order valence-electron chi connectivity index (χ4n) is 1.12. The van der Waals surface area contributed by atoms with Crippen LogP contribution in [0.25, 0.3) is 0 Å². The number of esters is 1. The first kappa shape index (κ1) is 12.2. The van der Waals surface area contributed by atoms with Crippen LogP contribution in [0, 0.1) is 5.82 Å². The smallest absolute Gasteiger partial charge is 0.325 e. The van der Waals surface area contributed by atoms with Crippen LogP contribution in [0.5, 0.6) is 0 Å². The average molecular weight is 225 g/mol. The van der Waals surface area contributed by atoms with E-state index in [2.05, 4.69) is 10.1 Å². The minimum Gasteiger partial charge on any atom is -0.468 e. The monoisotopic (exact) mass is 225 g/mol. The van der Waals surface area contributed by atoms with Gasteiger partial charge in [-0.05, 0) is 25.1 Å². The first-order valence-electron chi connectivity index (χ1n) is 4.65. The number of ether oxygens (including phenoxy) is 1. The fraction of sp³-hybridized carbons (Fsp3) is 0.273. The molecule has 0 unspecified atom stereocenters. The summed E-state index contributed by atoms with van der Waals surface area (Å²) in [6.45, 7) is 1.24. The average Bonchev–Trinajstić information content (AvgIpc) is 2.26. The number of anilines is 1. The molecular formula is C11H12FNO3. The van der Waals surface area contributed by atoms with Gasteiger partial charge in [-0.25, -0.2) is 4.39 Å². The predicted molar refractivity (Wildman–Crippen MR) is 56.9 cm³/mol. The molecule has 0 heterocycles. The van der Waals surface area contributed by atoms with Gasteiger partial charge in [0, 0.05) is 5.56 Å². The Morgan fingerprint density at radius 3 is 2.62 bits per heavy atom. The zero-order valence-corrected chi connectivity index (χ0v) is 9.04. The SMILES string of the molecule is COC(=O)CNc1ccc(C(C)=O)cc1F. The van der Waals surface area contributed by atoms with Crippen LogP contribution in [0.1, 0.15) is 17.3 Å². The molecule has 0 amide bonds. The number of benzene rings is 1. The molecule has 0 aromatic heterocycles. The lowest BCUT2D eigenvalue weighted by Crippen LogP contribution is -2.15. The number of carbonyl (C=O) groups is 2. The van der Waals surface area contributed by atoms with Crippen LogP contribution in [-0.2, 0) is 9.53 Å². The van der Waals surface area contributed by atoms with E-state index in [1.807, 2.05) is 0 Å². The van der Waals surface area contributed by atoms with E-state index in [1.54, 1.807) is 0 Å². The van der Waals surface area contributed by atoms with Crippen LogP contribution < -0.4 is 5.32 Å². The summed E-state index contributed by atoms with van der Waals surface area (Å²) in [5.74, 6) is -1.27. The third-order valence-electron chi connectivity index (χ3n) is 2.03. The number of ketones is 1. The summed E-state index contributed by atoms with van der Waals surface area (Å²) in [6, 6.07) is 4.03. The van der Waals surface area contributed by atoms with Gasteiger partial charge in [0.25, 0.3) is 0 Å². The van der Waals surface area contributed by atoms with Gasteiger partial charge in [0.05, 0.1) is 12.8 Å². The Morgan fingerprint density at radius 1 is 1.44 bits per heavy atom. The summed E-state index contributed by atoms with van der Waals surface area (Å²) in [7, 11) is 1.25. The summed E-state index contributed by atoms with van der Waals surface area (Å²) >= 11 is 0. The third-order valence-corrected chi connectivity index (χ3v) is 2.03. The highest BCUT2D eigenvalue weighted by atomic mass is 19.1. The van der Waals surface area contributed by atoms with Crippen molar-refractivity contribution in [3.63, 3.8) is 0 Å². The van der Waals surface area contributed by atoms with E-state index in [-0.39, 0.29) is 18.0 Å². The standard InChI is InChI=1S/C11H12FNO3/c1-7(14)8-3-4-10(9(12)5-8)13-6-11(15)16-2/h3-5,13H,6H2,1-2H3. The third kappa shape index (κ3) is 3.05. The second-order valence-corrected chi connectivity index (χ2v) is 3.18. The Morgan fingerprint density at radius 2 is 2.12 bits per heavy atom. The molecule has 16 heavy (non-hydrogen) atoms. The molecule has 1 N–H and O–H groups in total. The lowest BCUT2D eigenvalue weighted by Gasteiger charge is -2.06. The lowest BCUT2D eigenvalue weighted by molar-refractivity contribution is -0.138. The van der Waals surface area contributed by atoms with Gasteiger partial charge in [-0.1, -0.05) is 0 Å². The van der Waals surface area contributed by atoms with Crippen LogP contribution in [0.2, 0.25) is 0 Å². The number of rotatable bonds is 4. The van der Waals surface area contributed by atoms with E-state index in [0.717, 1.165) is 6.07 Å². The van der Waals surface area contributed by atoms with E-state index < -0.39 is 11.8 Å². The Balaban J connectivity index is 2.75. The minimum atomic E-state index is -0.573. The van der Waals surface area contributed by atoms with Crippen molar-refractivity contribution in [2.45, 2.75) is 6.92 Å². The second kappa shape index (κ2) is 5.25. The molecule has 1 aromatic carbocycles. The maximum atomic E-state index is 13.4. The molecule has 1 aromatic rings. The molecule has 0 aliphatic rings. The van der Waals surface area contributed by atoms with Crippen LogP contribution in [0.15, 0.2) is 18.2 Å². The number of methoxy groups -OCH3 is 1.